The van der Waals surface area contributed by atoms with E-state index in [-0.39, 0.29) is 0 Å². The Morgan fingerprint density at radius 1 is 1.19 bits per heavy atom. The Hall–Kier alpha value is -3.68. The van der Waals surface area contributed by atoms with Crippen molar-refractivity contribution in [3.63, 3.8) is 0 Å². The first-order valence-electron chi connectivity index (χ1n) is 9.97. The van der Waals surface area contributed by atoms with E-state index in [1.807, 2.05) is 60.5 Å². The Labute approximate surface area is 184 Å². The summed E-state index contributed by atoms with van der Waals surface area (Å²) in [6, 6.07) is 13.9. The molecule has 0 bridgehead atoms. The number of hydrogen-bond donors (Lipinski definition) is 2. The molecule has 32 heavy (non-hydrogen) atoms. The summed E-state index contributed by atoms with van der Waals surface area (Å²) in [6.07, 6.45) is 3.56. The first-order chi connectivity index (χ1) is 15.3. The van der Waals surface area contributed by atoms with E-state index in [0.29, 0.717) is 12.2 Å². The van der Waals surface area contributed by atoms with Gasteiger partial charge in [0.05, 0.1) is 7.11 Å². The molecule has 3 rings (SSSR count). The van der Waals surface area contributed by atoms with Crippen LogP contribution in [0.1, 0.15) is 18.1 Å². The Balaban J connectivity index is 1.69. The van der Waals surface area contributed by atoms with Gasteiger partial charge in [0.1, 0.15) is 12.3 Å². The number of carbonyl (C=O) groups is 1. The summed E-state index contributed by atoms with van der Waals surface area (Å²) in [4.78, 5) is 13.8. The van der Waals surface area contributed by atoms with Crippen molar-refractivity contribution in [3.05, 3.63) is 84.1 Å². The van der Waals surface area contributed by atoms with E-state index in [0.717, 1.165) is 28.1 Å². The van der Waals surface area contributed by atoms with Crippen molar-refractivity contribution in [2.45, 2.75) is 13.1 Å². The molecular formula is C24H24F3N3O2. The summed E-state index contributed by atoms with van der Waals surface area (Å²) in [5.41, 5.74) is 4.26. The molecule has 5 nitrogen and oxygen atoms in total. The fourth-order valence-electron chi connectivity index (χ4n) is 3.30. The molecule has 0 atom stereocenters. The van der Waals surface area contributed by atoms with Crippen LogP contribution in [0.25, 0.3) is 11.3 Å². The fourth-order valence-corrected chi connectivity index (χ4v) is 3.30. The predicted molar refractivity (Wildman–Crippen MR) is 120 cm³/mol. The zero-order valence-corrected chi connectivity index (χ0v) is 17.7. The Morgan fingerprint density at radius 2 is 1.97 bits per heavy atom. The minimum Gasteiger partial charge on any atom is -0.497 e. The number of amides is 2. The summed E-state index contributed by atoms with van der Waals surface area (Å²) in [6.45, 7) is 1.15. The lowest BCUT2D eigenvalue weighted by atomic mass is 10.0. The number of methoxy groups -OCH3 is 1. The normalized spacial score (nSPS) is 14.1. The first kappa shape index (κ1) is 23.0. The highest BCUT2D eigenvalue weighted by atomic mass is 19.4. The lowest BCUT2D eigenvalue weighted by molar-refractivity contribution is -0.122. The Bertz CT molecular complexity index is 1060. The molecule has 0 saturated carbocycles. The molecule has 0 radical (unpaired) electrons. The molecule has 2 aromatic rings. The second-order valence-corrected chi connectivity index (χ2v) is 7.04. The summed E-state index contributed by atoms with van der Waals surface area (Å²) in [5, 5.41) is 4.24. The van der Waals surface area contributed by atoms with Crippen LogP contribution in [0.5, 0.6) is 5.75 Å². The van der Waals surface area contributed by atoms with Crippen LogP contribution in [0.2, 0.25) is 0 Å². The standard InChI is InChI=1S/C24H24F3N3O2/c1-3-22(19-7-4-8-20(14-19)29-23(31)28-16-24(25,26)27)30-12-10-17(11-13-30)18-6-5-9-21(15-18)32-2/h3-12,14-15H,13,16H2,1-2H3,(H2,28,29,31)/b22-3-. The number of carbonyl (C=O) groups excluding carboxylic acids is 1. The lowest BCUT2D eigenvalue weighted by Crippen LogP contribution is -2.36. The maximum atomic E-state index is 12.3. The molecule has 8 heteroatoms. The number of hydrogen-bond acceptors (Lipinski definition) is 3. The van der Waals surface area contributed by atoms with Crippen molar-refractivity contribution in [1.82, 2.24) is 10.2 Å². The van der Waals surface area contributed by atoms with Gasteiger partial charge in [-0.15, -0.1) is 0 Å². The van der Waals surface area contributed by atoms with Crippen LogP contribution < -0.4 is 15.4 Å². The molecule has 2 N–H and O–H groups in total. The quantitative estimate of drug-likeness (QED) is 0.606. The molecular weight excluding hydrogens is 419 g/mol. The molecule has 0 spiro atoms. The molecule has 0 aliphatic carbocycles. The van der Waals surface area contributed by atoms with E-state index in [1.165, 1.54) is 0 Å². The average molecular weight is 443 g/mol. The minimum atomic E-state index is -4.46. The highest BCUT2D eigenvalue weighted by Gasteiger charge is 2.27. The largest absolute Gasteiger partial charge is 0.497 e. The SMILES string of the molecule is C/C=C(/c1cccc(NC(=O)NCC(F)(F)F)c1)N1C=CC(c2cccc(OC)c2)=CC1. The van der Waals surface area contributed by atoms with Crippen molar-refractivity contribution in [2.24, 2.45) is 0 Å². The summed E-state index contributed by atoms with van der Waals surface area (Å²) < 4.78 is 42.1. The van der Waals surface area contributed by atoms with Gasteiger partial charge < -0.3 is 20.3 Å². The Morgan fingerprint density at radius 3 is 2.62 bits per heavy atom. The van der Waals surface area contributed by atoms with Gasteiger partial charge in [0, 0.05) is 24.1 Å². The second-order valence-electron chi connectivity index (χ2n) is 7.04. The predicted octanol–water partition coefficient (Wildman–Crippen LogP) is 5.65. The second kappa shape index (κ2) is 10.1. The lowest BCUT2D eigenvalue weighted by Gasteiger charge is -2.26. The van der Waals surface area contributed by atoms with Crippen LogP contribution >= 0.6 is 0 Å². The van der Waals surface area contributed by atoms with Crippen LogP contribution in [0.3, 0.4) is 0 Å². The molecule has 0 saturated heterocycles. The maximum absolute atomic E-state index is 12.3. The zero-order chi connectivity index (χ0) is 23.1. The van der Waals surface area contributed by atoms with Gasteiger partial charge >= 0.3 is 12.2 Å². The van der Waals surface area contributed by atoms with Crippen LogP contribution in [0.4, 0.5) is 23.7 Å². The minimum absolute atomic E-state index is 0.398. The molecule has 1 aliphatic heterocycles. The Kier molecular flexibility index (Phi) is 7.25. The van der Waals surface area contributed by atoms with Gasteiger partial charge in [-0.2, -0.15) is 13.2 Å². The zero-order valence-electron chi connectivity index (χ0n) is 17.7. The molecule has 0 fully saturated rings. The molecule has 168 valence electrons. The van der Waals surface area contributed by atoms with Crippen LogP contribution in [-0.2, 0) is 0 Å². The summed E-state index contributed by atoms with van der Waals surface area (Å²) in [7, 11) is 1.63. The summed E-state index contributed by atoms with van der Waals surface area (Å²) >= 11 is 0. The highest BCUT2D eigenvalue weighted by molar-refractivity contribution is 5.90. The number of alkyl halides is 3. The van der Waals surface area contributed by atoms with Gasteiger partial charge in [-0.3, -0.25) is 0 Å². The number of allylic oxidation sites excluding steroid dienone is 3. The van der Waals surface area contributed by atoms with Gasteiger partial charge in [-0.05, 0) is 54.0 Å². The number of nitrogens with one attached hydrogen (secondary N) is 2. The van der Waals surface area contributed by atoms with E-state index >= 15 is 0 Å². The average Bonchev–Trinajstić information content (AvgIpc) is 2.78. The van der Waals surface area contributed by atoms with Crippen LogP contribution in [-0.4, -0.2) is 37.3 Å². The first-order valence-corrected chi connectivity index (χ1v) is 9.97. The van der Waals surface area contributed by atoms with E-state index in [1.54, 1.807) is 30.6 Å². The fraction of sp³-hybridized carbons (Fsp3) is 0.208. The highest BCUT2D eigenvalue weighted by Crippen LogP contribution is 2.28. The number of ether oxygens (including phenoxy) is 1. The molecule has 2 aromatic carbocycles. The molecule has 1 heterocycles. The molecule has 0 aromatic heterocycles. The van der Waals surface area contributed by atoms with Crippen molar-refractivity contribution in [3.8, 4) is 5.75 Å². The molecule has 2 amide bonds. The van der Waals surface area contributed by atoms with Crippen molar-refractivity contribution in [1.29, 1.82) is 0 Å². The van der Waals surface area contributed by atoms with E-state index in [4.69, 9.17) is 4.74 Å². The van der Waals surface area contributed by atoms with Gasteiger partial charge in [0.2, 0.25) is 0 Å². The van der Waals surface area contributed by atoms with Gasteiger partial charge in [0.15, 0.2) is 0 Å². The number of benzene rings is 2. The maximum Gasteiger partial charge on any atom is 0.405 e. The molecule has 0 unspecified atom stereocenters. The van der Waals surface area contributed by atoms with Gasteiger partial charge in [0.25, 0.3) is 0 Å². The summed E-state index contributed by atoms with van der Waals surface area (Å²) in [5.74, 6) is 0.789. The van der Waals surface area contributed by atoms with E-state index in [9.17, 15) is 18.0 Å². The topological polar surface area (TPSA) is 53.6 Å². The number of rotatable bonds is 6. The monoisotopic (exact) mass is 443 g/mol. The van der Waals surface area contributed by atoms with Gasteiger partial charge in [-0.1, -0.05) is 36.4 Å². The van der Waals surface area contributed by atoms with Crippen LogP contribution in [0, 0.1) is 0 Å². The van der Waals surface area contributed by atoms with Crippen molar-refractivity contribution >= 4 is 23.0 Å². The third-order valence-corrected chi connectivity index (χ3v) is 4.79. The number of halogens is 3. The van der Waals surface area contributed by atoms with Crippen LogP contribution in [0.15, 0.2) is 73.0 Å². The van der Waals surface area contributed by atoms with Crippen molar-refractivity contribution < 1.29 is 22.7 Å². The van der Waals surface area contributed by atoms with E-state index < -0.39 is 18.8 Å². The number of anilines is 1. The smallest absolute Gasteiger partial charge is 0.405 e. The third-order valence-electron chi connectivity index (χ3n) is 4.79. The van der Waals surface area contributed by atoms with E-state index in [2.05, 4.69) is 11.4 Å². The van der Waals surface area contributed by atoms with Gasteiger partial charge in [-0.25, -0.2) is 4.79 Å². The number of nitrogens with zero attached hydrogens (tertiary/aromatic N) is 1. The third kappa shape index (κ3) is 6.16. The molecule has 1 aliphatic rings. The number of urea groups is 1. The van der Waals surface area contributed by atoms with Crippen molar-refractivity contribution in [2.75, 3.05) is 25.5 Å².